The molecule has 0 spiro atoms. The summed E-state index contributed by atoms with van der Waals surface area (Å²) in [5.41, 5.74) is 2.39. The predicted octanol–water partition coefficient (Wildman–Crippen LogP) is 4.28. The van der Waals surface area contributed by atoms with Gasteiger partial charge in [0, 0.05) is 17.0 Å². The van der Waals surface area contributed by atoms with Crippen LogP contribution in [0.15, 0.2) is 49.3 Å². The molecule has 3 heterocycles. The molecule has 1 aliphatic heterocycles. The van der Waals surface area contributed by atoms with E-state index in [9.17, 15) is 4.79 Å². The Morgan fingerprint density at radius 2 is 2.15 bits per heavy atom. The minimum atomic E-state index is -0.0383. The highest BCUT2D eigenvalue weighted by molar-refractivity contribution is 7.19. The highest BCUT2D eigenvalue weighted by Crippen LogP contribution is 2.40. The van der Waals surface area contributed by atoms with Crippen LogP contribution in [0.25, 0.3) is 10.2 Å². The summed E-state index contributed by atoms with van der Waals surface area (Å²) in [7, 11) is 0. The third-order valence-electron chi connectivity index (χ3n) is 4.76. The summed E-state index contributed by atoms with van der Waals surface area (Å²) in [5, 5.41) is 4.64. The Hall–Kier alpha value is -2.73. The first kappa shape index (κ1) is 16.7. The smallest absolute Gasteiger partial charge is 0.246 e. The number of nitrogens with one attached hydrogen (secondary N) is 1. The van der Waals surface area contributed by atoms with Crippen LogP contribution in [0, 0.1) is 0 Å². The van der Waals surface area contributed by atoms with Crippen LogP contribution in [-0.2, 0) is 17.9 Å². The van der Waals surface area contributed by atoms with Gasteiger partial charge in [0.05, 0.1) is 18.0 Å². The summed E-state index contributed by atoms with van der Waals surface area (Å²) >= 11 is 1.64. The average Bonchev–Trinajstić information content (AvgIpc) is 3.24. The maximum absolute atomic E-state index is 12.0. The zero-order valence-electron chi connectivity index (χ0n) is 14.6. The minimum absolute atomic E-state index is 0.0383. The number of aromatic nitrogens is 2. The number of thiophene rings is 1. The van der Waals surface area contributed by atoms with Gasteiger partial charge in [-0.05, 0) is 18.1 Å². The zero-order valence-corrected chi connectivity index (χ0v) is 15.4. The molecule has 1 aliphatic rings. The molecule has 0 bridgehead atoms. The van der Waals surface area contributed by atoms with Crippen LogP contribution in [0.4, 0.5) is 5.82 Å². The van der Waals surface area contributed by atoms with Crippen LogP contribution in [0.2, 0.25) is 0 Å². The lowest BCUT2D eigenvalue weighted by atomic mass is 10.0. The molecule has 1 amide bonds. The van der Waals surface area contributed by atoms with Crippen LogP contribution in [0.1, 0.15) is 35.4 Å². The Bertz CT molecular complexity index is 967. The molecule has 1 aromatic carbocycles. The van der Waals surface area contributed by atoms with Crippen molar-refractivity contribution < 1.29 is 4.79 Å². The van der Waals surface area contributed by atoms with Crippen LogP contribution in [0.3, 0.4) is 0 Å². The van der Waals surface area contributed by atoms with Crippen molar-refractivity contribution in [2.24, 2.45) is 0 Å². The second kappa shape index (κ2) is 6.88. The highest BCUT2D eigenvalue weighted by atomic mass is 32.1. The third kappa shape index (κ3) is 2.86. The van der Waals surface area contributed by atoms with Crippen molar-refractivity contribution >= 4 is 33.3 Å². The molecule has 4 rings (SSSR count). The van der Waals surface area contributed by atoms with Crippen LogP contribution >= 0.6 is 11.3 Å². The summed E-state index contributed by atoms with van der Waals surface area (Å²) in [6.45, 7) is 6.96. The first-order valence-corrected chi connectivity index (χ1v) is 9.51. The Balaban J connectivity index is 1.71. The maximum atomic E-state index is 12.0. The number of amides is 1. The van der Waals surface area contributed by atoms with Crippen molar-refractivity contribution in [2.45, 2.75) is 32.5 Å². The van der Waals surface area contributed by atoms with E-state index in [4.69, 9.17) is 0 Å². The van der Waals surface area contributed by atoms with Gasteiger partial charge < -0.3 is 10.2 Å². The second-order valence-electron chi connectivity index (χ2n) is 6.32. The first-order valence-electron chi connectivity index (χ1n) is 8.69. The van der Waals surface area contributed by atoms with E-state index in [1.165, 1.54) is 16.5 Å². The van der Waals surface area contributed by atoms with E-state index in [2.05, 4.69) is 53.1 Å². The van der Waals surface area contributed by atoms with Crippen molar-refractivity contribution in [3.8, 4) is 0 Å². The van der Waals surface area contributed by atoms with E-state index in [1.54, 1.807) is 22.6 Å². The van der Waals surface area contributed by atoms with E-state index in [0.717, 1.165) is 28.0 Å². The molecule has 1 unspecified atom stereocenters. The molecule has 0 saturated carbocycles. The lowest BCUT2D eigenvalue weighted by Crippen LogP contribution is -2.22. The predicted molar refractivity (Wildman–Crippen MR) is 105 cm³/mol. The molecule has 0 saturated heterocycles. The summed E-state index contributed by atoms with van der Waals surface area (Å²) in [6.07, 6.45) is 3.93. The quantitative estimate of drug-likeness (QED) is 0.687. The first-order chi connectivity index (χ1) is 12.7. The van der Waals surface area contributed by atoms with Gasteiger partial charge in [0.25, 0.3) is 0 Å². The van der Waals surface area contributed by atoms with E-state index in [1.807, 2.05) is 6.07 Å². The van der Waals surface area contributed by atoms with Crippen LogP contribution in [0.5, 0.6) is 0 Å². The number of hydrogen-bond donors (Lipinski definition) is 1. The van der Waals surface area contributed by atoms with E-state index >= 15 is 0 Å². The molecule has 0 aliphatic carbocycles. The number of hydrogen-bond acceptors (Lipinski definition) is 5. The van der Waals surface area contributed by atoms with E-state index in [0.29, 0.717) is 13.1 Å². The number of carbonyl (C=O) groups is 1. The van der Waals surface area contributed by atoms with Crippen molar-refractivity contribution in [1.29, 1.82) is 0 Å². The number of fused-ring (bicyclic) bond motifs is 3. The molecular weight excluding hydrogens is 344 g/mol. The summed E-state index contributed by atoms with van der Waals surface area (Å²) in [4.78, 5) is 24.9. The molecule has 1 N–H and O–H groups in total. The van der Waals surface area contributed by atoms with Gasteiger partial charge in [-0.3, -0.25) is 4.79 Å². The van der Waals surface area contributed by atoms with Gasteiger partial charge in [-0.15, -0.1) is 11.3 Å². The van der Waals surface area contributed by atoms with Gasteiger partial charge in [0.1, 0.15) is 17.0 Å². The fourth-order valence-electron chi connectivity index (χ4n) is 3.42. The van der Waals surface area contributed by atoms with Crippen molar-refractivity contribution in [3.63, 3.8) is 0 Å². The van der Waals surface area contributed by atoms with Gasteiger partial charge >= 0.3 is 0 Å². The molecular formula is C20H20N4OS. The van der Waals surface area contributed by atoms with E-state index in [-0.39, 0.29) is 11.9 Å². The van der Waals surface area contributed by atoms with Gasteiger partial charge in [-0.1, -0.05) is 43.8 Å². The monoisotopic (exact) mass is 364 g/mol. The molecule has 5 nitrogen and oxygen atoms in total. The number of anilines is 1. The SMILES string of the molecule is C=CC(=O)N1Cc2sc3ncnc(NC(CC)c4ccccc4)c3c2C1. The number of carbonyl (C=O) groups excluding carboxylic acids is 1. The summed E-state index contributed by atoms with van der Waals surface area (Å²) < 4.78 is 0. The van der Waals surface area contributed by atoms with Crippen molar-refractivity contribution in [2.75, 3.05) is 5.32 Å². The third-order valence-corrected chi connectivity index (χ3v) is 5.89. The molecule has 2 aromatic heterocycles. The molecule has 0 radical (unpaired) electrons. The zero-order chi connectivity index (χ0) is 18.1. The number of nitrogens with zero attached hydrogens (tertiary/aromatic N) is 3. The number of rotatable bonds is 5. The van der Waals surface area contributed by atoms with Gasteiger partial charge in [0.2, 0.25) is 5.91 Å². The van der Waals surface area contributed by atoms with Crippen molar-refractivity contribution in [1.82, 2.24) is 14.9 Å². The Morgan fingerprint density at radius 1 is 1.35 bits per heavy atom. The molecule has 1 atom stereocenters. The topological polar surface area (TPSA) is 58.1 Å². The van der Waals surface area contributed by atoms with Gasteiger partial charge in [-0.25, -0.2) is 9.97 Å². The Morgan fingerprint density at radius 3 is 2.88 bits per heavy atom. The largest absolute Gasteiger partial charge is 0.363 e. The molecule has 26 heavy (non-hydrogen) atoms. The Labute approximate surface area is 156 Å². The standard InChI is InChI=1S/C20H20N4OS/c1-3-15(13-8-6-5-7-9-13)23-19-18-14-10-24(17(25)4-2)11-16(14)26-20(18)22-12-21-19/h4-9,12,15H,2-3,10-11H2,1H3,(H,21,22,23). The van der Waals surface area contributed by atoms with E-state index < -0.39 is 0 Å². The van der Waals surface area contributed by atoms with Gasteiger partial charge in [0.15, 0.2) is 0 Å². The molecule has 0 fully saturated rings. The Kier molecular flexibility index (Phi) is 4.42. The number of benzene rings is 1. The summed E-state index contributed by atoms with van der Waals surface area (Å²) in [5.74, 6) is 0.805. The van der Waals surface area contributed by atoms with Crippen LogP contribution in [-0.4, -0.2) is 20.8 Å². The second-order valence-corrected chi connectivity index (χ2v) is 7.40. The molecule has 132 valence electrons. The van der Waals surface area contributed by atoms with Crippen molar-refractivity contribution in [3.05, 3.63) is 65.3 Å². The fourth-order valence-corrected chi connectivity index (χ4v) is 4.58. The minimum Gasteiger partial charge on any atom is -0.363 e. The molecule has 3 aromatic rings. The van der Waals surface area contributed by atoms with Gasteiger partial charge in [-0.2, -0.15) is 0 Å². The fraction of sp³-hybridized carbons (Fsp3) is 0.250. The maximum Gasteiger partial charge on any atom is 0.246 e. The lowest BCUT2D eigenvalue weighted by Gasteiger charge is -2.19. The molecule has 6 heteroatoms. The lowest BCUT2D eigenvalue weighted by molar-refractivity contribution is -0.126. The highest BCUT2D eigenvalue weighted by Gasteiger charge is 2.28. The summed E-state index contributed by atoms with van der Waals surface area (Å²) in [6, 6.07) is 10.6. The average molecular weight is 364 g/mol. The normalized spacial score (nSPS) is 14.3. The van der Waals surface area contributed by atoms with Crippen LogP contribution < -0.4 is 5.32 Å².